The van der Waals surface area contributed by atoms with Gasteiger partial charge in [-0.25, -0.2) is 8.78 Å². The molecular weight excluding hydrogens is 338 g/mol. The molecule has 2 aromatic carbocycles. The Kier molecular flexibility index (Phi) is 5.61. The summed E-state index contributed by atoms with van der Waals surface area (Å²) in [7, 11) is 0. The van der Waals surface area contributed by atoms with Gasteiger partial charge in [-0.15, -0.1) is 0 Å². The highest BCUT2D eigenvalue weighted by atomic mass is 19.1. The van der Waals surface area contributed by atoms with Crippen LogP contribution in [0.5, 0.6) is 0 Å². The first-order valence-corrected chi connectivity index (χ1v) is 8.61. The zero-order chi connectivity index (χ0) is 18.5. The minimum absolute atomic E-state index is 0.0127. The Balaban J connectivity index is 1.52. The highest BCUT2D eigenvalue weighted by Crippen LogP contribution is 2.21. The van der Waals surface area contributed by atoms with Gasteiger partial charge in [-0.1, -0.05) is 30.3 Å². The Morgan fingerprint density at radius 3 is 2.23 bits per heavy atom. The number of carbonyl (C=O) groups is 2. The second-order valence-electron chi connectivity index (χ2n) is 6.39. The average molecular weight is 358 g/mol. The lowest BCUT2D eigenvalue weighted by atomic mass is 9.95. The van der Waals surface area contributed by atoms with Crippen molar-refractivity contribution in [3.63, 3.8) is 0 Å². The van der Waals surface area contributed by atoms with Crippen LogP contribution in [0.15, 0.2) is 48.5 Å². The van der Waals surface area contributed by atoms with E-state index < -0.39 is 5.82 Å². The van der Waals surface area contributed by atoms with Gasteiger partial charge in [0.2, 0.25) is 11.8 Å². The standard InChI is InChI=1S/C20H20F2N2O2/c21-16-6-2-1-5-15(16)13-19(25)24-11-9-14(10-12-24)20(26)23-18-8-4-3-7-17(18)22/h1-8,14H,9-13H2,(H,23,26). The van der Waals surface area contributed by atoms with Crippen LogP contribution in [0, 0.1) is 17.6 Å². The SMILES string of the molecule is O=C(Nc1ccccc1F)C1CCN(C(=O)Cc2ccccc2F)CC1. The summed E-state index contributed by atoms with van der Waals surface area (Å²) in [5, 5.41) is 2.60. The van der Waals surface area contributed by atoms with Crippen molar-refractivity contribution < 1.29 is 18.4 Å². The highest BCUT2D eigenvalue weighted by Gasteiger charge is 2.28. The van der Waals surface area contributed by atoms with E-state index in [0.29, 0.717) is 31.5 Å². The third-order valence-corrected chi connectivity index (χ3v) is 4.65. The van der Waals surface area contributed by atoms with Crippen molar-refractivity contribution in [2.45, 2.75) is 19.3 Å². The van der Waals surface area contributed by atoms with E-state index >= 15 is 0 Å². The fourth-order valence-electron chi connectivity index (χ4n) is 3.10. The molecule has 6 heteroatoms. The van der Waals surface area contributed by atoms with E-state index in [1.165, 1.54) is 18.2 Å². The molecule has 0 unspecified atom stereocenters. The molecule has 0 atom stereocenters. The van der Waals surface area contributed by atoms with Gasteiger partial charge in [0, 0.05) is 19.0 Å². The second kappa shape index (κ2) is 8.08. The molecule has 0 spiro atoms. The third kappa shape index (κ3) is 4.25. The summed E-state index contributed by atoms with van der Waals surface area (Å²) in [6.07, 6.45) is 1.02. The number of hydrogen-bond acceptors (Lipinski definition) is 2. The highest BCUT2D eigenvalue weighted by molar-refractivity contribution is 5.92. The maximum atomic E-state index is 13.7. The molecule has 1 saturated heterocycles. The van der Waals surface area contributed by atoms with Crippen molar-refractivity contribution in [1.82, 2.24) is 4.90 Å². The number of halogens is 2. The molecule has 1 aliphatic heterocycles. The van der Waals surface area contributed by atoms with Crippen LogP contribution in [0.3, 0.4) is 0 Å². The number of nitrogens with one attached hydrogen (secondary N) is 1. The summed E-state index contributed by atoms with van der Waals surface area (Å²) in [4.78, 5) is 26.3. The molecule has 2 amide bonds. The number of amides is 2. The number of hydrogen-bond donors (Lipinski definition) is 1. The lowest BCUT2D eigenvalue weighted by molar-refractivity contribution is -0.133. The molecule has 1 N–H and O–H groups in total. The van der Waals surface area contributed by atoms with E-state index in [9.17, 15) is 18.4 Å². The molecule has 26 heavy (non-hydrogen) atoms. The Morgan fingerprint density at radius 1 is 0.962 bits per heavy atom. The monoisotopic (exact) mass is 358 g/mol. The van der Waals surface area contributed by atoms with E-state index in [4.69, 9.17) is 0 Å². The van der Waals surface area contributed by atoms with E-state index in [1.807, 2.05) is 0 Å². The quantitative estimate of drug-likeness (QED) is 0.911. The molecule has 3 rings (SSSR count). The number of piperidine rings is 1. The smallest absolute Gasteiger partial charge is 0.227 e. The van der Waals surface area contributed by atoms with Crippen LogP contribution < -0.4 is 5.32 Å². The first-order valence-electron chi connectivity index (χ1n) is 8.61. The van der Waals surface area contributed by atoms with Gasteiger partial charge in [-0.2, -0.15) is 0 Å². The van der Waals surface area contributed by atoms with Gasteiger partial charge in [0.1, 0.15) is 11.6 Å². The van der Waals surface area contributed by atoms with E-state index in [-0.39, 0.29) is 35.7 Å². The predicted molar refractivity (Wildman–Crippen MR) is 94.4 cm³/mol. The molecule has 0 aromatic heterocycles. The maximum Gasteiger partial charge on any atom is 0.227 e. The van der Waals surface area contributed by atoms with Gasteiger partial charge in [-0.05, 0) is 36.6 Å². The van der Waals surface area contributed by atoms with Crippen molar-refractivity contribution in [3.05, 3.63) is 65.7 Å². The summed E-state index contributed by atoms with van der Waals surface area (Å²) in [6.45, 7) is 0.866. The number of anilines is 1. The molecule has 136 valence electrons. The van der Waals surface area contributed by atoms with Gasteiger partial charge >= 0.3 is 0 Å². The van der Waals surface area contributed by atoms with E-state index in [2.05, 4.69) is 5.32 Å². The van der Waals surface area contributed by atoms with Gasteiger partial charge < -0.3 is 10.2 Å². The first kappa shape index (κ1) is 18.0. The normalized spacial score (nSPS) is 14.9. The van der Waals surface area contributed by atoms with Crippen LogP contribution >= 0.6 is 0 Å². The molecule has 2 aromatic rings. The minimum atomic E-state index is -0.474. The predicted octanol–water partition coefficient (Wildman–Crippen LogP) is 3.38. The Morgan fingerprint density at radius 2 is 1.58 bits per heavy atom. The topological polar surface area (TPSA) is 49.4 Å². The van der Waals surface area contributed by atoms with Crippen LogP contribution in [0.4, 0.5) is 14.5 Å². The third-order valence-electron chi connectivity index (χ3n) is 4.65. The van der Waals surface area contributed by atoms with Crippen LogP contribution in [0.2, 0.25) is 0 Å². The molecule has 4 nitrogen and oxygen atoms in total. The Bertz CT molecular complexity index is 734. The fourth-order valence-corrected chi connectivity index (χ4v) is 3.10. The zero-order valence-electron chi connectivity index (χ0n) is 14.3. The zero-order valence-corrected chi connectivity index (χ0v) is 14.3. The number of carbonyl (C=O) groups excluding carboxylic acids is 2. The van der Waals surface area contributed by atoms with Crippen LogP contribution in [-0.2, 0) is 16.0 Å². The van der Waals surface area contributed by atoms with Gasteiger partial charge in [0.05, 0.1) is 12.1 Å². The molecule has 0 saturated carbocycles. The number of para-hydroxylation sites is 1. The number of nitrogens with zero attached hydrogens (tertiary/aromatic N) is 1. The number of likely N-dealkylation sites (tertiary alicyclic amines) is 1. The lowest BCUT2D eigenvalue weighted by Crippen LogP contribution is -2.42. The van der Waals surface area contributed by atoms with Gasteiger partial charge in [-0.3, -0.25) is 9.59 Å². The maximum absolute atomic E-state index is 13.7. The van der Waals surface area contributed by atoms with Crippen molar-refractivity contribution in [3.8, 4) is 0 Å². The van der Waals surface area contributed by atoms with Crippen LogP contribution in [0.1, 0.15) is 18.4 Å². The van der Waals surface area contributed by atoms with E-state index in [1.54, 1.807) is 35.2 Å². The lowest BCUT2D eigenvalue weighted by Gasteiger charge is -2.31. The van der Waals surface area contributed by atoms with Crippen molar-refractivity contribution in [1.29, 1.82) is 0 Å². The Hall–Kier alpha value is -2.76. The van der Waals surface area contributed by atoms with Crippen molar-refractivity contribution in [2.75, 3.05) is 18.4 Å². The summed E-state index contributed by atoms with van der Waals surface area (Å²) in [5.74, 6) is -1.52. The fraction of sp³-hybridized carbons (Fsp3) is 0.300. The molecule has 0 aliphatic carbocycles. The first-order chi connectivity index (χ1) is 12.5. The molecule has 1 aliphatic rings. The molecule has 1 fully saturated rings. The van der Waals surface area contributed by atoms with Gasteiger partial charge in [0.15, 0.2) is 0 Å². The summed E-state index contributed by atoms with van der Waals surface area (Å²) in [5.41, 5.74) is 0.535. The minimum Gasteiger partial charge on any atom is -0.342 e. The summed E-state index contributed by atoms with van der Waals surface area (Å²) < 4.78 is 27.3. The van der Waals surface area contributed by atoms with E-state index in [0.717, 1.165) is 0 Å². The number of benzene rings is 2. The molecule has 0 radical (unpaired) electrons. The second-order valence-corrected chi connectivity index (χ2v) is 6.39. The molecular formula is C20H20F2N2O2. The Labute approximate surface area is 150 Å². The molecule has 0 bridgehead atoms. The largest absolute Gasteiger partial charge is 0.342 e. The van der Waals surface area contributed by atoms with Crippen LogP contribution in [-0.4, -0.2) is 29.8 Å². The van der Waals surface area contributed by atoms with Gasteiger partial charge in [0.25, 0.3) is 0 Å². The number of rotatable bonds is 4. The molecule has 1 heterocycles. The summed E-state index contributed by atoms with van der Waals surface area (Å²) in [6, 6.07) is 12.2. The summed E-state index contributed by atoms with van der Waals surface area (Å²) >= 11 is 0. The average Bonchev–Trinajstić information content (AvgIpc) is 2.65. The van der Waals surface area contributed by atoms with Crippen molar-refractivity contribution in [2.24, 2.45) is 5.92 Å². The van der Waals surface area contributed by atoms with Crippen molar-refractivity contribution >= 4 is 17.5 Å². The van der Waals surface area contributed by atoms with Crippen LogP contribution in [0.25, 0.3) is 0 Å².